The molecule has 2 aromatic rings. The van der Waals surface area contributed by atoms with Crippen molar-refractivity contribution in [2.24, 2.45) is 0 Å². The van der Waals surface area contributed by atoms with E-state index in [1.165, 1.54) is 39.7 Å². The smallest absolute Gasteiger partial charge is 0.0489 e. The third kappa shape index (κ3) is 2.37. The molecule has 0 saturated heterocycles. The molecule has 0 aliphatic heterocycles. The molecule has 0 radical (unpaired) electrons. The van der Waals surface area contributed by atoms with Gasteiger partial charge in [0.05, 0.1) is 0 Å². The molecule has 1 aromatic carbocycles. The van der Waals surface area contributed by atoms with Crippen LogP contribution in [0.1, 0.15) is 35.7 Å². The zero-order valence-electron chi connectivity index (χ0n) is 11.3. The molecular weight excluding hydrogens is 208 g/mol. The summed E-state index contributed by atoms with van der Waals surface area (Å²) in [5, 5.41) is 4.87. The van der Waals surface area contributed by atoms with Gasteiger partial charge in [0, 0.05) is 23.1 Å². The molecule has 17 heavy (non-hydrogen) atoms. The minimum absolute atomic E-state index is 0.961. The lowest BCUT2D eigenvalue weighted by Crippen LogP contribution is -2.14. The first kappa shape index (κ1) is 12.2. The second kappa shape index (κ2) is 4.92. The number of hydrogen-bond acceptors (Lipinski definition) is 1. The van der Waals surface area contributed by atoms with Crippen LogP contribution in [0.2, 0.25) is 0 Å². The fourth-order valence-electron chi connectivity index (χ4n) is 2.45. The van der Waals surface area contributed by atoms with Gasteiger partial charge in [-0.2, -0.15) is 0 Å². The molecule has 0 atom stereocenters. The SMILES string of the molecule is CCCNCc1c(C)[nH]c2c(C)cc(C)cc12. The summed E-state index contributed by atoms with van der Waals surface area (Å²) in [4.78, 5) is 3.51. The standard InChI is InChI=1S/C15H22N2/c1-5-6-16-9-14-12(4)17-15-11(3)7-10(2)8-13(14)15/h7-8,16-17H,5-6,9H2,1-4H3. The van der Waals surface area contributed by atoms with Gasteiger partial charge in [0.25, 0.3) is 0 Å². The van der Waals surface area contributed by atoms with Crippen LogP contribution in [0.25, 0.3) is 10.9 Å². The van der Waals surface area contributed by atoms with Crippen LogP contribution in [0.4, 0.5) is 0 Å². The van der Waals surface area contributed by atoms with Gasteiger partial charge in [-0.3, -0.25) is 0 Å². The van der Waals surface area contributed by atoms with Crippen molar-refractivity contribution < 1.29 is 0 Å². The summed E-state index contributed by atoms with van der Waals surface area (Å²) < 4.78 is 0. The highest BCUT2D eigenvalue weighted by Gasteiger charge is 2.09. The van der Waals surface area contributed by atoms with Crippen LogP contribution in [0.15, 0.2) is 12.1 Å². The molecule has 1 aromatic heterocycles. The normalized spacial score (nSPS) is 11.3. The molecule has 1 heterocycles. The highest BCUT2D eigenvalue weighted by atomic mass is 14.9. The molecule has 2 rings (SSSR count). The van der Waals surface area contributed by atoms with E-state index in [-0.39, 0.29) is 0 Å². The highest BCUT2D eigenvalue weighted by Crippen LogP contribution is 2.26. The number of aromatic nitrogens is 1. The van der Waals surface area contributed by atoms with Crippen molar-refractivity contribution in [3.05, 3.63) is 34.5 Å². The number of fused-ring (bicyclic) bond motifs is 1. The maximum atomic E-state index is 3.51. The number of H-pyrrole nitrogens is 1. The van der Waals surface area contributed by atoms with Gasteiger partial charge in [-0.1, -0.05) is 18.6 Å². The number of rotatable bonds is 4. The molecule has 2 heteroatoms. The molecule has 0 amide bonds. The van der Waals surface area contributed by atoms with Crippen LogP contribution in [0.3, 0.4) is 0 Å². The second-order valence-corrected chi connectivity index (χ2v) is 4.91. The van der Waals surface area contributed by atoms with Crippen molar-refractivity contribution in [2.75, 3.05) is 6.54 Å². The van der Waals surface area contributed by atoms with Gasteiger partial charge in [-0.25, -0.2) is 0 Å². The Balaban J connectivity index is 2.43. The van der Waals surface area contributed by atoms with E-state index in [9.17, 15) is 0 Å². The van der Waals surface area contributed by atoms with Gasteiger partial charge < -0.3 is 10.3 Å². The summed E-state index contributed by atoms with van der Waals surface area (Å²) in [7, 11) is 0. The van der Waals surface area contributed by atoms with Crippen molar-refractivity contribution in [1.29, 1.82) is 0 Å². The third-order valence-corrected chi connectivity index (χ3v) is 3.30. The number of aromatic amines is 1. The van der Waals surface area contributed by atoms with E-state index in [4.69, 9.17) is 0 Å². The molecule has 0 fully saturated rings. The zero-order valence-corrected chi connectivity index (χ0v) is 11.3. The Morgan fingerprint density at radius 3 is 2.65 bits per heavy atom. The van der Waals surface area contributed by atoms with Crippen molar-refractivity contribution in [2.45, 2.75) is 40.7 Å². The topological polar surface area (TPSA) is 27.8 Å². The minimum atomic E-state index is 0.961. The molecule has 0 bridgehead atoms. The first-order chi connectivity index (χ1) is 8.13. The van der Waals surface area contributed by atoms with Gasteiger partial charge >= 0.3 is 0 Å². The fraction of sp³-hybridized carbons (Fsp3) is 0.467. The van der Waals surface area contributed by atoms with Crippen LogP contribution < -0.4 is 5.32 Å². The Kier molecular flexibility index (Phi) is 3.53. The maximum absolute atomic E-state index is 3.51. The van der Waals surface area contributed by atoms with Crippen molar-refractivity contribution in [1.82, 2.24) is 10.3 Å². The molecule has 0 spiro atoms. The van der Waals surface area contributed by atoms with Gasteiger partial charge in [0.2, 0.25) is 0 Å². The average molecular weight is 230 g/mol. The predicted octanol–water partition coefficient (Wildman–Crippen LogP) is 3.59. The molecule has 0 aliphatic carbocycles. The summed E-state index contributed by atoms with van der Waals surface area (Å²) in [6, 6.07) is 4.52. The summed E-state index contributed by atoms with van der Waals surface area (Å²) in [5.41, 5.74) is 6.68. The van der Waals surface area contributed by atoms with E-state index < -0.39 is 0 Å². The summed E-state index contributed by atoms with van der Waals surface area (Å²) in [6.45, 7) is 10.7. The van der Waals surface area contributed by atoms with Crippen molar-refractivity contribution >= 4 is 10.9 Å². The molecule has 0 saturated carbocycles. The van der Waals surface area contributed by atoms with E-state index in [0.29, 0.717) is 0 Å². The van der Waals surface area contributed by atoms with E-state index in [0.717, 1.165) is 13.1 Å². The van der Waals surface area contributed by atoms with E-state index in [2.05, 4.69) is 50.1 Å². The van der Waals surface area contributed by atoms with Crippen LogP contribution in [-0.2, 0) is 6.54 Å². The van der Waals surface area contributed by atoms with Gasteiger partial charge in [0.15, 0.2) is 0 Å². The van der Waals surface area contributed by atoms with Crippen molar-refractivity contribution in [3.63, 3.8) is 0 Å². The number of aryl methyl sites for hydroxylation is 3. The summed E-state index contributed by atoms with van der Waals surface area (Å²) in [5.74, 6) is 0. The zero-order chi connectivity index (χ0) is 12.4. The molecule has 0 unspecified atom stereocenters. The number of hydrogen-bond donors (Lipinski definition) is 2. The largest absolute Gasteiger partial charge is 0.358 e. The number of nitrogens with one attached hydrogen (secondary N) is 2. The Hall–Kier alpha value is -1.28. The minimum Gasteiger partial charge on any atom is -0.358 e. The van der Waals surface area contributed by atoms with Gasteiger partial charge in [-0.05, 0) is 50.9 Å². The van der Waals surface area contributed by atoms with Crippen LogP contribution in [0.5, 0.6) is 0 Å². The molecule has 2 nitrogen and oxygen atoms in total. The Morgan fingerprint density at radius 2 is 1.94 bits per heavy atom. The average Bonchev–Trinajstić information content (AvgIpc) is 2.57. The van der Waals surface area contributed by atoms with Gasteiger partial charge in [-0.15, -0.1) is 0 Å². The quantitative estimate of drug-likeness (QED) is 0.772. The molecule has 2 N–H and O–H groups in total. The maximum Gasteiger partial charge on any atom is 0.0489 e. The summed E-state index contributed by atoms with van der Waals surface area (Å²) >= 11 is 0. The molecule has 0 aliphatic rings. The first-order valence-corrected chi connectivity index (χ1v) is 6.42. The predicted molar refractivity (Wildman–Crippen MR) is 74.5 cm³/mol. The Morgan fingerprint density at radius 1 is 1.18 bits per heavy atom. The van der Waals surface area contributed by atoms with Crippen LogP contribution in [0, 0.1) is 20.8 Å². The Labute approximate surface area is 103 Å². The first-order valence-electron chi connectivity index (χ1n) is 6.42. The fourth-order valence-corrected chi connectivity index (χ4v) is 2.45. The van der Waals surface area contributed by atoms with E-state index in [1.807, 2.05) is 0 Å². The second-order valence-electron chi connectivity index (χ2n) is 4.91. The lowest BCUT2D eigenvalue weighted by molar-refractivity contribution is 0.675. The highest BCUT2D eigenvalue weighted by molar-refractivity contribution is 5.87. The van der Waals surface area contributed by atoms with Crippen LogP contribution >= 0.6 is 0 Å². The lowest BCUT2D eigenvalue weighted by Gasteiger charge is -2.04. The lowest BCUT2D eigenvalue weighted by atomic mass is 10.0. The third-order valence-electron chi connectivity index (χ3n) is 3.30. The van der Waals surface area contributed by atoms with Crippen molar-refractivity contribution in [3.8, 4) is 0 Å². The van der Waals surface area contributed by atoms with Crippen LogP contribution in [-0.4, -0.2) is 11.5 Å². The monoisotopic (exact) mass is 230 g/mol. The van der Waals surface area contributed by atoms with E-state index >= 15 is 0 Å². The van der Waals surface area contributed by atoms with Gasteiger partial charge in [0.1, 0.15) is 0 Å². The summed E-state index contributed by atoms with van der Waals surface area (Å²) in [6.07, 6.45) is 1.18. The number of benzene rings is 1. The molecular formula is C15H22N2. The molecule has 92 valence electrons. The Bertz CT molecular complexity index is 523. The van der Waals surface area contributed by atoms with E-state index in [1.54, 1.807) is 0 Å².